The van der Waals surface area contributed by atoms with Crippen molar-refractivity contribution in [2.24, 2.45) is 0 Å². The minimum atomic E-state index is -0.233. The van der Waals surface area contributed by atoms with Crippen molar-refractivity contribution in [2.75, 3.05) is 0 Å². The average molecular weight is 405 g/mol. The zero-order chi connectivity index (χ0) is 19.8. The molecule has 8 nitrogen and oxygen atoms in total. The average Bonchev–Trinajstić information content (AvgIpc) is 3.39. The van der Waals surface area contributed by atoms with E-state index in [4.69, 9.17) is 16.0 Å². The third kappa shape index (κ3) is 3.19. The number of aromatic nitrogens is 6. The predicted molar refractivity (Wildman–Crippen MR) is 107 cm³/mol. The smallest absolute Gasteiger partial charge is 0.264 e. The van der Waals surface area contributed by atoms with Crippen LogP contribution < -0.4 is 5.56 Å². The normalized spacial score (nSPS) is 11.2. The lowest BCUT2D eigenvalue weighted by Crippen LogP contribution is -2.21. The molecule has 29 heavy (non-hydrogen) atoms. The number of nitrogens with zero attached hydrogens (tertiary/aromatic N) is 6. The van der Waals surface area contributed by atoms with Gasteiger partial charge in [-0.25, -0.2) is 9.67 Å². The summed E-state index contributed by atoms with van der Waals surface area (Å²) in [4.78, 5) is 17.3. The van der Waals surface area contributed by atoms with Crippen LogP contribution in [0.4, 0.5) is 0 Å². The molecule has 3 heterocycles. The highest BCUT2D eigenvalue weighted by molar-refractivity contribution is 6.30. The summed E-state index contributed by atoms with van der Waals surface area (Å²) in [5.74, 6) is 0.657. The molecule has 2 aromatic carbocycles. The van der Waals surface area contributed by atoms with E-state index < -0.39 is 0 Å². The highest BCUT2D eigenvalue weighted by Gasteiger charge is 2.14. The lowest BCUT2D eigenvalue weighted by molar-refractivity contribution is 0.483. The minimum Gasteiger partial charge on any atom is -0.419 e. The highest BCUT2D eigenvalue weighted by Crippen LogP contribution is 2.20. The van der Waals surface area contributed by atoms with Gasteiger partial charge < -0.3 is 4.42 Å². The predicted octanol–water partition coefficient (Wildman–Crippen LogP) is 3.33. The van der Waals surface area contributed by atoms with Crippen LogP contribution in [-0.4, -0.2) is 29.5 Å². The third-order valence-electron chi connectivity index (χ3n) is 4.42. The maximum atomic E-state index is 12.9. The fourth-order valence-electron chi connectivity index (χ4n) is 2.99. The van der Waals surface area contributed by atoms with E-state index >= 15 is 0 Å². The van der Waals surface area contributed by atoms with Crippen molar-refractivity contribution in [1.29, 1.82) is 0 Å². The molecule has 0 spiro atoms. The quantitative estimate of drug-likeness (QED) is 0.456. The van der Waals surface area contributed by atoms with E-state index in [1.54, 1.807) is 28.9 Å². The zero-order valence-electron chi connectivity index (χ0n) is 14.9. The van der Waals surface area contributed by atoms with E-state index in [-0.39, 0.29) is 12.1 Å². The van der Waals surface area contributed by atoms with Gasteiger partial charge in [-0.3, -0.25) is 9.36 Å². The van der Waals surface area contributed by atoms with E-state index in [1.807, 2.05) is 30.3 Å². The van der Waals surface area contributed by atoms with Crippen LogP contribution in [0.5, 0.6) is 0 Å². The summed E-state index contributed by atoms with van der Waals surface area (Å²) in [5.41, 5.74) is 1.84. The molecular formula is C20H13ClN6O2. The molecular weight excluding hydrogens is 392 g/mol. The van der Waals surface area contributed by atoms with E-state index in [0.717, 1.165) is 11.3 Å². The molecule has 0 aliphatic carbocycles. The van der Waals surface area contributed by atoms with E-state index in [2.05, 4.69) is 20.3 Å². The topological polar surface area (TPSA) is 91.6 Å². The molecule has 0 saturated heterocycles. The van der Waals surface area contributed by atoms with Crippen LogP contribution in [0, 0.1) is 0 Å². The number of fused-ring (bicyclic) bond motifs is 1. The fourth-order valence-corrected chi connectivity index (χ4v) is 3.12. The molecule has 0 fully saturated rings. The van der Waals surface area contributed by atoms with Gasteiger partial charge in [-0.1, -0.05) is 29.8 Å². The molecule has 0 radical (unpaired) electrons. The Kier molecular flexibility index (Phi) is 4.18. The van der Waals surface area contributed by atoms with Gasteiger partial charge in [0.15, 0.2) is 5.65 Å². The summed E-state index contributed by atoms with van der Waals surface area (Å²) < 4.78 is 8.73. The SMILES string of the molecule is O=c1c2cnn(-c3ccccc3)c2ncn1Cc1nnc(-c2ccc(Cl)cc2)o1. The number of halogens is 1. The van der Waals surface area contributed by atoms with Gasteiger partial charge in [0.25, 0.3) is 5.56 Å². The Hall–Kier alpha value is -3.78. The Morgan fingerprint density at radius 3 is 2.59 bits per heavy atom. The van der Waals surface area contributed by atoms with Crippen molar-refractivity contribution in [1.82, 2.24) is 29.5 Å². The van der Waals surface area contributed by atoms with Gasteiger partial charge >= 0.3 is 0 Å². The lowest BCUT2D eigenvalue weighted by atomic mass is 10.2. The van der Waals surface area contributed by atoms with E-state index in [0.29, 0.717) is 27.8 Å². The standard InChI is InChI=1S/C20H13ClN6O2/c21-14-8-6-13(7-9-14)19-25-24-17(29-19)11-26-12-22-18-16(20(26)28)10-23-27(18)15-4-2-1-3-5-15/h1-10,12H,11H2. The van der Waals surface area contributed by atoms with Crippen molar-refractivity contribution in [2.45, 2.75) is 6.54 Å². The second-order valence-electron chi connectivity index (χ2n) is 6.31. The number of hydrogen-bond donors (Lipinski definition) is 0. The summed E-state index contributed by atoms with van der Waals surface area (Å²) in [6.07, 6.45) is 2.97. The van der Waals surface area contributed by atoms with Gasteiger partial charge in [0.1, 0.15) is 18.3 Å². The highest BCUT2D eigenvalue weighted by atomic mass is 35.5. The Balaban J connectivity index is 1.47. The summed E-state index contributed by atoms with van der Waals surface area (Å²) in [6.45, 7) is 0.110. The first-order valence-corrected chi connectivity index (χ1v) is 9.14. The molecule has 0 N–H and O–H groups in total. The molecule has 0 unspecified atom stereocenters. The molecule has 5 rings (SSSR count). The largest absolute Gasteiger partial charge is 0.419 e. The van der Waals surface area contributed by atoms with Crippen molar-refractivity contribution >= 4 is 22.6 Å². The monoisotopic (exact) mass is 404 g/mol. The van der Waals surface area contributed by atoms with Crippen molar-refractivity contribution in [3.8, 4) is 17.1 Å². The molecule has 0 atom stereocenters. The van der Waals surface area contributed by atoms with Crippen LogP contribution in [0.3, 0.4) is 0 Å². The summed E-state index contributed by atoms with van der Waals surface area (Å²) in [5, 5.41) is 13.4. The lowest BCUT2D eigenvalue weighted by Gasteiger charge is -2.04. The fraction of sp³-hybridized carbons (Fsp3) is 0.0500. The third-order valence-corrected chi connectivity index (χ3v) is 4.67. The Morgan fingerprint density at radius 2 is 1.79 bits per heavy atom. The van der Waals surface area contributed by atoms with Gasteiger partial charge in [0, 0.05) is 10.6 Å². The van der Waals surface area contributed by atoms with Crippen LogP contribution in [0.2, 0.25) is 5.02 Å². The first-order valence-electron chi connectivity index (χ1n) is 8.76. The summed E-state index contributed by atoms with van der Waals surface area (Å²) in [6, 6.07) is 16.6. The number of rotatable bonds is 4. The van der Waals surface area contributed by atoms with Gasteiger partial charge in [-0.15, -0.1) is 10.2 Å². The molecule has 0 amide bonds. The zero-order valence-corrected chi connectivity index (χ0v) is 15.7. The molecule has 3 aromatic heterocycles. The second-order valence-corrected chi connectivity index (χ2v) is 6.75. The van der Waals surface area contributed by atoms with Crippen molar-refractivity contribution < 1.29 is 4.42 Å². The Bertz CT molecular complexity index is 1360. The van der Waals surface area contributed by atoms with Crippen molar-refractivity contribution in [3.63, 3.8) is 0 Å². The van der Waals surface area contributed by atoms with Crippen LogP contribution in [0.1, 0.15) is 5.89 Å². The van der Waals surface area contributed by atoms with Gasteiger partial charge in [0.2, 0.25) is 11.8 Å². The molecule has 0 aliphatic rings. The molecule has 0 saturated carbocycles. The molecule has 0 bridgehead atoms. The molecule has 9 heteroatoms. The Morgan fingerprint density at radius 1 is 1.00 bits per heavy atom. The Labute approximate surface area is 169 Å². The van der Waals surface area contributed by atoms with E-state index in [1.165, 1.54) is 17.1 Å². The van der Waals surface area contributed by atoms with Crippen LogP contribution in [-0.2, 0) is 6.54 Å². The molecule has 5 aromatic rings. The van der Waals surface area contributed by atoms with Crippen molar-refractivity contribution in [3.05, 3.63) is 88.4 Å². The van der Waals surface area contributed by atoms with Crippen LogP contribution >= 0.6 is 11.6 Å². The summed E-state index contributed by atoms with van der Waals surface area (Å²) >= 11 is 5.90. The maximum Gasteiger partial charge on any atom is 0.264 e. The van der Waals surface area contributed by atoms with Gasteiger partial charge in [-0.05, 0) is 36.4 Å². The van der Waals surface area contributed by atoms with Gasteiger partial charge in [-0.2, -0.15) is 5.10 Å². The number of benzene rings is 2. The second kappa shape index (κ2) is 6.99. The minimum absolute atomic E-state index is 0.110. The number of hydrogen-bond acceptors (Lipinski definition) is 6. The van der Waals surface area contributed by atoms with Gasteiger partial charge in [0.05, 0.1) is 11.9 Å². The first-order chi connectivity index (χ1) is 14.2. The first kappa shape index (κ1) is 17.3. The maximum absolute atomic E-state index is 12.9. The summed E-state index contributed by atoms with van der Waals surface area (Å²) in [7, 11) is 0. The molecule has 0 aliphatic heterocycles. The van der Waals surface area contributed by atoms with Crippen LogP contribution in [0.15, 0.2) is 76.3 Å². The molecule has 142 valence electrons. The van der Waals surface area contributed by atoms with Crippen LogP contribution in [0.25, 0.3) is 28.2 Å². The van der Waals surface area contributed by atoms with E-state index in [9.17, 15) is 4.79 Å². The number of para-hydroxylation sites is 1.